The van der Waals surface area contributed by atoms with Gasteiger partial charge < -0.3 is 5.11 Å². The van der Waals surface area contributed by atoms with E-state index in [2.05, 4.69) is 17.0 Å². The largest absolute Gasteiger partial charge is 0.416 e. The van der Waals surface area contributed by atoms with Gasteiger partial charge in [0.1, 0.15) is 0 Å². The Morgan fingerprint density at radius 2 is 1.67 bits per heavy atom. The van der Waals surface area contributed by atoms with Crippen LogP contribution in [0.1, 0.15) is 47.9 Å². The normalized spacial score (nSPS) is 28.5. The summed E-state index contributed by atoms with van der Waals surface area (Å²) in [5.41, 5.74) is -0.00903. The molecule has 2 saturated heterocycles. The Kier molecular flexibility index (Phi) is 4.55. The summed E-state index contributed by atoms with van der Waals surface area (Å²) in [6.07, 6.45) is -1.47. The number of rotatable bonds is 3. The van der Waals surface area contributed by atoms with Crippen LogP contribution in [-0.2, 0) is 18.3 Å². The molecular weight excluding hydrogens is 351 g/mol. The number of piperidine rings is 1. The van der Waals surface area contributed by atoms with Crippen LogP contribution in [0.25, 0.3) is 0 Å². The van der Waals surface area contributed by atoms with Crippen LogP contribution in [0.2, 0.25) is 0 Å². The molecule has 2 atom stereocenters. The maximum Gasteiger partial charge on any atom is 0.416 e. The summed E-state index contributed by atoms with van der Waals surface area (Å²) in [5.74, 6) is 0. The van der Waals surface area contributed by atoms with Crippen molar-refractivity contribution in [1.82, 2.24) is 4.90 Å². The molecule has 0 aliphatic carbocycles. The summed E-state index contributed by atoms with van der Waals surface area (Å²) in [7, 11) is 0. The van der Waals surface area contributed by atoms with E-state index in [9.17, 15) is 18.3 Å². The number of hydrogen-bond acceptors (Lipinski definition) is 2. The topological polar surface area (TPSA) is 23.5 Å². The molecule has 2 aromatic carbocycles. The molecule has 2 nitrogen and oxygen atoms in total. The SMILES string of the molecule is Cc1ccc(C2(O)CC3CCC(C2)N3Cc2ccccc2)cc1C(F)(F)F. The predicted molar refractivity (Wildman–Crippen MR) is 98.1 cm³/mol. The Morgan fingerprint density at radius 1 is 1.04 bits per heavy atom. The number of aliphatic hydroxyl groups is 1. The Balaban J connectivity index is 1.59. The minimum Gasteiger partial charge on any atom is -0.385 e. The Labute approximate surface area is 157 Å². The van der Waals surface area contributed by atoms with E-state index in [1.54, 1.807) is 6.07 Å². The van der Waals surface area contributed by atoms with E-state index in [1.807, 2.05) is 18.2 Å². The highest BCUT2D eigenvalue weighted by atomic mass is 19.4. The quantitative estimate of drug-likeness (QED) is 0.813. The predicted octanol–water partition coefficient (Wildman–Crippen LogP) is 5.03. The molecule has 2 aromatic rings. The van der Waals surface area contributed by atoms with Gasteiger partial charge in [-0.25, -0.2) is 0 Å². The Morgan fingerprint density at radius 3 is 2.26 bits per heavy atom. The third-order valence-corrected chi connectivity index (χ3v) is 6.21. The average molecular weight is 375 g/mol. The van der Waals surface area contributed by atoms with Gasteiger partial charge in [-0.1, -0.05) is 42.5 Å². The van der Waals surface area contributed by atoms with Gasteiger partial charge >= 0.3 is 6.18 Å². The molecule has 2 fully saturated rings. The van der Waals surface area contributed by atoms with Crippen LogP contribution >= 0.6 is 0 Å². The number of fused-ring (bicyclic) bond motifs is 2. The maximum absolute atomic E-state index is 13.3. The van der Waals surface area contributed by atoms with Gasteiger partial charge in [0.05, 0.1) is 11.2 Å². The van der Waals surface area contributed by atoms with E-state index in [0.717, 1.165) is 25.5 Å². The summed E-state index contributed by atoms with van der Waals surface area (Å²) >= 11 is 0. The first-order valence-electron chi connectivity index (χ1n) is 9.47. The minimum atomic E-state index is -4.40. The molecule has 2 heterocycles. The molecule has 0 amide bonds. The van der Waals surface area contributed by atoms with Crippen molar-refractivity contribution >= 4 is 0 Å². The molecule has 27 heavy (non-hydrogen) atoms. The second-order valence-corrected chi connectivity index (χ2v) is 8.01. The maximum atomic E-state index is 13.3. The molecule has 2 unspecified atom stereocenters. The zero-order valence-corrected chi connectivity index (χ0v) is 15.3. The molecular formula is C22H24F3NO. The molecule has 0 aromatic heterocycles. The Hall–Kier alpha value is -1.85. The van der Waals surface area contributed by atoms with Crippen LogP contribution in [0.15, 0.2) is 48.5 Å². The molecule has 2 aliphatic rings. The molecule has 0 spiro atoms. The van der Waals surface area contributed by atoms with E-state index in [-0.39, 0.29) is 17.6 Å². The van der Waals surface area contributed by atoms with Crippen LogP contribution in [0.3, 0.4) is 0 Å². The lowest BCUT2D eigenvalue weighted by atomic mass is 9.79. The van der Waals surface area contributed by atoms with Gasteiger partial charge in [-0.15, -0.1) is 0 Å². The first-order valence-corrected chi connectivity index (χ1v) is 9.47. The number of nitrogens with zero attached hydrogens (tertiary/aromatic N) is 1. The lowest BCUT2D eigenvalue weighted by Crippen LogP contribution is -2.49. The van der Waals surface area contributed by atoms with E-state index < -0.39 is 17.3 Å². The van der Waals surface area contributed by atoms with E-state index in [4.69, 9.17) is 0 Å². The number of alkyl halides is 3. The Bertz CT molecular complexity index is 804. The standard InChI is InChI=1S/C22H24F3NO/c1-15-7-8-17(11-20(15)22(23,24)25)21(27)12-18-9-10-19(13-21)26(18)14-16-5-3-2-4-6-16/h2-8,11,18-19,27H,9-10,12-14H2,1H3. The summed E-state index contributed by atoms with van der Waals surface area (Å²) < 4.78 is 39.9. The zero-order chi connectivity index (χ0) is 19.2. The lowest BCUT2D eigenvalue weighted by Gasteiger charge is -2.44. The average Bonchev–Trinajstić information content (AvgIpc) is 2.86. The highest BCUT2D eigenvalue weighted by molar-refractivity contribution is 5.37. The van der Waals surface area contributed by atoms with Crippen molar-refractivity contribution in [2.45, 2.75) is 63.0 Å². The highest BCUT2D eigenvalue weighted by Gasteiger charge is 2.48. The zero-order valence-electron chi connectivity index (χ0n) is 15.3. The van der Waals surface area contributed by atoms with E-state index >= 15 is 0 Å². The summed E-state index contributed by atoms with van der Waals surface area (Å²) in [6.45, 7) is 2.29. The molecule has 144 valence electrons. The monoisotopic (exact) mass is 375 g/mol. The molecule has 0 radical (unpaired) electrons. The van der Waals surface area contributed by atoms with Gasteiger partial charge in [-0.2, -0.15) is 13.2 Å². The van der Waals surface area contributed by atoms with Crippen molar-refractivity contribution in [3.05, 3.63) is 70.8 Å². The van der Waals surface area contributed by atoms with Gasteiger partial charge in [0.15, 0.2) is 0 Å². The number of benzene rings is 2. The van der Waals surface area contributed by atoms with Crippen LogP contribution in [0.5, 0.6) is 0 Å². The fraction of sp³-hybridized carbons (Fsp3) is 0.455. The van der Waals surface area contributed by atoms with Crippen molar-refractivity contribution in [1.29, 1.82) is 0 Å². The smallest absolute Gasteiger partial charge is 0.385 e. The second-order valence-electron chi connectivity index (χ2n) is 8.01. The second kappa shape index (κ2) is 6.64. The molecule has 0 saturated carbocycles. The van der Waals surface area contributed by atoms with Gasteiger partial charge in [0.25, 0.3) is 0 Å². The van der Waals surface area contributed by atoms with Crippen LogP contribution in [0.4, 0.5) is 13.2 Å². The van der Waals surface area contributed by atoms with Crippen molar-refractivity contribution in [3.63, 3.8) is 0 Å². The molecule has 2 bridgehead atoms. The van der Waals surface area contributed by atoms with Gasteiger partial charge in [0, 0.05) is 18.6 Å². The van der Waals surface area contributed by atoms with Crippen molar-refractivity contribution in [3.8, 4) is 0 Å². The third-order valence-electron chi connectivity index (χ3n) is 6.21. The molecule has 2 aliphatic heterocycles. The summed E-state index contributed by atoms with van der Waals surface area (Å²) in [6, 6.07) is 14.9. The minimum absolute atomic E-state index is 0.194. The highest BCUT2D eigenvalue weighted by Crippen LogP contribution is 2.47. The number of halogens is 3. The fourth-order valence-electron chi connectivity index (χ4n) is 4.82. The van der Waals surface area contributed by atoms with Gasteiger partial charge in [0.2, 0.25) is 0 Å². The van der Waals surface area contributed by atoms with Crippen molar-refractivity contribution in [2.24, 2.45) is 0 Å². The third kappa shape index (κ3) is 3.50. The van der Waals surface area contributed by atoms with E-state index in [1.165, 1.54) is 18.6 Å². The van der Waals surface area contributed by atoms with Crippen LogP contribution < -0.4 is 0 Å². The van der Waals surface area contributed by atoms with Crippen molar-refractivity contribution in [2.75, 3.05) is 0 Å². The number of hydrogen-bond donors (Lipinski definition) is 1. The van der Waals surface area contributed by atoms with Gasteiger partial charge in [-0.05, 0) is 55.4 Å². The van der Waals surface area contributed by atoms with Crippen LogP contribution in [-0.4, -0.2) is 22.1 Å². The molecule has 4 rings (SSSR count). The fourth-order valence-corrected chi connectivity index (χ4v) is 4.82. The van der Waals surface area contributed by atoms with Crippen LogP contribution in [0, 0.1) is 6.92 Å². The lowest BCUT2D eigenvalue weighted by molar-refractivity contribution is -0.138. The first kappa shape index (κ1) is 18.5. The summed E-state index contributed by atoms with van der Waals surface area (Å²) in [5, 5.41) is 11.3. The van der Waals surface area contributed by atoms with Crippen molar-refractivity contribution < 1.29 is 18.3 Å². The van der Waals surface area contributed by atoms with Gasteiger partial charge in [-0.3, -0.25) is 4.90 Å². The molecule has 5 heteroatoms. The van der Waals surface area contributed by atoms with E-state index in [0.29, 0.717) is 18.4 Å². The first-order chi connectivity index (χ1) is 12.8. The number of aryl methyl sites for hydroxylation is 1. The molecule has 1 N–H and O–H groups in total. The summed E-state index contributed by atoms with van der Waals surface area (Å²) in [4.78, 5) is 2.42.